The Morgan fingerprint density at radius 1 is 0.515 bits per heavy atom. The zero-order chi connectivity index (χ0) is 22.5. The summed E-state index contributed by atoms with van der Waals surface area (Å²) >= 11 is 0. The van der Waals surface area contributed by atoms with E-state index in [0.29, 0.717) is 0 Å². The summed E-state index contributed by atoms with van der Waals surface area (Å²) in [4.78, 5) is 0. The fourth-order valence-electron chi connectivity index (χ4n) is 3.92. The number of aryl methyl sites for hydroxylation is 1. The Morgan fingerprint density at radius 3 is 1.45 bits per heavy atom. The third kappa shape index (κ3) is 4.65. The van der Waals surface area contributed by atoms with E-state index in [1.54, 1.807) is 0 Å². The zero-order valence-corrected chi connectivity index (χ0v) is 18.6. The van der Waals surface area contributed by atoms with Crippen molar-refractivity contribution in [2.45, 2.75) is 6.92 Å². The number of rotatable bonds is 5. The number of nitrogens with zero attached hydrogens (tertiary/aromatic N) is 2. The average molecular weight is 426 g/mol. The predicted octanol–water partition coefficient (Wildman–Crippen LogP) is 7.17. The number of pyridine rings is 1. The van der Waals surface area contributed by atoms with E-state index in [-0.39, 0.29) is 0 Å². The van der Waals surface area contributed by atoms with Crippen LogP contribution in [0.5, 0.6) is 0 Å². The molecule has 158 valence electrons. The van der Waals surface area contributed by atoms with Gasteiger partial charge >= 0.3 is 0 Å². The number of benzene rings is 4. The van der Waals surface area contributed by atoms with Crippen LogP contribution in [0.2, 0.25) is 0 Å². The third-order valence-electron chi connectivity index (χ3n) is 5.69. The Morgan fingerprint density at radius 2 is 0.970 bits per heavy atom. The quantitative estimate of drug-likeness (QED) is 0.210. The van der Waals surface area contributed by atoms with Crippen LogP contribution in [-0.4, -0.2) is 6.21 Å². The molecule has 1 heterocycles. The highest BCUT2D eigenvalue weighted by Gasteiger charge is 2.23. The molecule has 0 radical (unpaired) electrons. The van der Waals surface area contributed by atoms with Crippen molar-refractivity contribution in [3.63, 3.8) is 0 Å². The van der Waals surface area contributed by atoms with E-state index < -0.39 is 0 Å². The second-order valence-corrected chi connectivity index (χ2v) is 8.08. The van der Waals surface area contributed by atoms with Gasteiger partial charge in [-0.25, -0.2) is 0 Å². The Kier molecular flexibility index (Phi) is 5.90. The standard InChI is InChI=1S/C31H25N2/c1-24-17-19-25(20-18-24)23-32-33-30(27-13-7-3-8-14-27)21-29(26-11-5-2-6-12-26)22-31(33)28-15-9-4-10-16-28/h2-23H,1H3/q+1. The van der Waals surface area contributed by atoms with Gasteiger partial charge in [0.1, 0.15) is 6.21 Å². The number of hydrogen-bond acceptors (Lipinski definition) is 1. The first-order valence-electron chi connectivity index (χ1n) is 11.2. The van der Waals surface area contributed by atoms with Gasteiger partial charge in [0.05, 0.1) is 0 Å². The van der Waals surface area contributed by atoms with Crippen molar-refractivity contribution < 1.29 is 4.68 Å². The molecule has 0 fully saturated rings. The minimum absolute atomic E-state index is 1.04. The van der Waals surface area contributed by atoms with Crippen molar-refractivity contribution in [1.82, 2.24) is 0 Å². The molecule has 0 aliphatic heterocycles. The van der Waals surface area contributed by atoms with Gasteiger partial charge in [0.15, 0.2) is 0 Å². The molecule has 0 spiro atoms. The van der Waals surface area contributed by atoms with Crippen LogP contribution in [0.4, 0.5) is 0 Å². The maximum Gasteiger partial charge on any atom is 0.246 e. The Hall–Kier alpha value is -4.30. The molecule has 0 N–H and O–H groups in total. The first kappa shape index (κ1) is 20.6. The van der Waals surface area contributed by atoms with Crippen LogP contribution >= 0.6 is 0 Å². The van der Waals surface area contributed by atoms with Crippen molar-refractivity contribution in [2.24, 2.45) is 5.10 Å². The Labute approximate surface area is 195 Å². The highest BCUT2D eigenvalue weighted by Crippen LogP contribution is 2.29. The van der Waals surface area contributed by atoms with E-state index in [0.717, 1.165) is 33.6 Å². The summed E-state index contributed by atoms with van der Waals surface area (Å²) in [5.74, 6) is 0. The molecule has 0 atom stereocenters. The molecule has 0 aliphatic carbocycles. The molecule has 0 unspecified atom stereocenters. The van der Waals surface area contributed by atoms with Crippen LogP contribution in [-0.2, 0) is 0 Å². The number of aromatic nitrogens is 1. The molecule has 2 nitrogen and oxygen atoms in total. The maximum absolute atomic E-state index is 4.99. The largest absolute Gasteiger partial charge is 0.246 e. The summed E-state index contributed by atoms with van der Waals surface area (Å²) in [5.41, 5.74) is 8.97. The second kappa shape index (κ2) is 9.46. The monoisotopic (exact) mass is 425 g/mol. The molecule has 2 heteroatoms. The predicted molar refractivity (Wildman–Crippen MR) is 137 cm³/mol. The molecule has 0 amide bonds. The highest BCUT2D eigenvalue weighted by molar-refractivity contribution is 5.79. The molecular formula is C31H25N2+. The van der Waals surface area contributed by atoms with Crippen LogP contribution in [0.25, 0.3) is 33.6 Å². The normalized spacial score (nSPS) is 11.1. The lowest BCUT2D eigenvalue weighted by Gasteiger charge is -2.09. The van der Waals surface area contributed by atoms with Gasteiger partial charge in [-0.2, -0.15) is 0 Å². The molecule has 4 aromatic carbocycles. The summed E-state index contributed by atoms with van der Waals surface area (Å²) in [6.07, 6.45) is 1.93. The Balaban J connectivity index is 1.76. The van der Waals surface area contributed by atoms with Gasteiger partial charge in [0.2, 0.25) is 11.4 Å². The lowest BCUT2D eigenvalue weighted by molar-refractivity contribution is -0.656. The topological polar surface area (TPSA) is 16.2 Å². The minimum atomic E-state index is 1.04. The summed E-state index contributed by atoms with van der Waals surface area (Å²) in [7, 11) is 0. The van der Waals surface area contributed by atoms with Crippen molar-refractivity contribution in [1.29, 1.82) is 0 Å². The van der Waals surface area contributed by atoms with E-state index in [1.807, 2.05) is 18.3 Å². The van der Waals surface area contributed by atoms with Crippen LogP contribution in [0, 0.1) is 6.92 Å². The summed E-state index contributed by atoms with van der Waals surface area (Å²) < 4.78 is 2.05. The molecule has 0 aliphatic rings. The fraction of sp³-hybridized carbons (Fsp3) is 0.0323. The lowest BCUT2D eigenvalue weighted by Crippen LogP contribution is -2.34. The lowest BCUT2D eigenvalue weighted by atomic mass is 10.00. The molecular weight excluding hydrogens is 400 g/mol. The van der Waals surface area contributed by atoms with Crippen LogP contribution in [0.1, 0.15) is 11.1 Å². The first-order chi connectivity index (χ1) is 16.3. The zero-order valence-electron chi connectivity index (χ0n) is 18.6. The minimum Gasteiger partial charge on any atom is -0.0622 e. The van der Waals surface area contributed by atoms with Crippen molar-refractivity contribution in [3.05, 3.63) is 139 Å². The van der Waals surface area contributed by atoms with Gasteiger partial charge in [0.25, 0.3) is 0 Å². The van der Waals surface area contributed by atoms with E-state index in [1.165, 1.54) is 11.1 Å². The van der Waals surface area contributed by atoms with Crippen LogP contribution in [0.3, 0.4) is 0 Å². The summed E-state index contributed by atoms with van der Waals surface area (Å²) in [5, 5.41) is 4.99. The molecule has 33 heavy (non-hydrogen) atoms. The van der Waals surface area contributed by atoms with Gasteiger partial charge < -0.3 is 0 Å². The van der Waals surface area contributed by atoms with E-state index in [4.69, 9.17) is 5.10 Å². The van der Waals surface area contributed by atoms with E-state index in [9.17, 15) is 0 Å². The van der Waals surface area contributed by atoms with Gasteiger partial charge in [-0.1, -0.05) is 96.6 Å². The average Bonchev–Trinajstić information content (AvgIpc) is 2.89. The second-order valence-electron chi connectivity index (χ2n) is 8.08. The van der Waals surface area contributed by atoms with Crippen molar-refractivity contribution in [3.8, 4) is 33.6 Å². The van der Waals surface area contributed by atoms with Crippen molar-refractivity contribution >= 4 is 6.21 Å². The summed E-state index contributed by atoms with van der Waals surface area (Å²) in [6, 6.07) is 44.3. The molecule has 5 aromatic rings. The van der Waals surface area contributed by atoms with E-state index in [2.05, 4.69) is 127 Å². The molecule has 0 bridgehead atoms. The highest BCUT2D eigenvalue weighted by atomic mass is 15.3. The van der Waals surface area contributed by atoms with Gasteiger partial charge in [-0.3, -0.25) is 0 Å². The number of hydrogen-bond donors (Lipinski definition) is 0. The van der Waals surface area contributed by atoms with Gasteiger partial charge in [-0.15, -0.1) is 0 Å². The summed E-state index contributed by atoms with van der Waals surface area (Å²) in [6.45, 7) is 2.10. The molecule has 0 saturated carbocycles. The maximum atomic E-state index is 4.99. The third-order valence-corrected chi connectivity index (χ3v) is 5.69. The van der Waals surface area contributed by atoms with E-state index >= 15 is 0 Å². The SMILES string of the molecule is Cc1ccc(C=N[n+]2c(-c3ccccc3)cc(-c3ccccc3)cc2-c2ccccc2)cc1. The van der Waals surface area contributed by atoms with Crippen LogP contribution in [0.15, 0.2) is 132 Å². The van der Waals surface area contributed by atoms with Crippen LogP contribution < -0.4 is 4.68 Å². The molecule has 5 rings (SSSR count). The molecule has 0 saturated heterocycles. The smallest absolute Gasteiger partial charge is 0.0622 e. The first-order valence-corrected chi connectivity index (χ1v) is 11.2. The fourth-order valence-corrected chi connectivity index (χ4v) is 3.92. The van der Waals surface area contributed by atoms with Crippen molar-refractivity contribution in [2.75, 3.05) is 0 Å². The molecule has 1 aromatic heterocycles. The Bertz CT molecular complexity index is 1310. The van der Waals surface area contributed by atoms with Gasteiger partial charge in [-0.05, 0) is 57.7 Å². The van der Waals surface area contributed by atoms with Gasteiger partial charge in [0, 0.05) is 23.3 Å².